The number of ether oxygens (including phenoxy) is 1. The van der Waals surface area contributed by atoms with Crippen LogP contribution in [0.4, 0.5) is 5.69 Å². The van der Waals surface area contributed by atoms with Crippen LogP contribution >= 0.6 is 0 Å². The Labute approximate surface area is 201 Å². The van der Waals surface area contributed by atoms with Gasteiger partial charge in [0.1, 0.15) is 5.75 Å². The number of hydrogen-bond donors (Lipinski definition) is 0. The van der Waals surface area contributed by atoms with Crippen LogP contribution in [0, 0.1) is 5.92 Å². The van der Waals surface area contributed by atoms with Crippen molar-refractivity contribution >= 4 is 23.4 Å². The average molecular weight is 464 g/mol. The Balaban J connectivity index is 1.53. The zero-order chi connectivity index (χ0) is 24.2. The van der Waals surface area contributed by atoms with Crippen molar-refractivity contribution in [3.05, 3.63) is 59.2 Å². The number of rotatable bonds is 8. The fourth-order valence-corrected chi connectivity index (χ4v) is 5.04. The van der Waals surface area contributed by atoms with Gasteiger partial charge in [-0.3, -0.25) is 19.3 Å². The molecule has 2 aromatic carbocycles. The van der Waals surface area contributed by atoms with E-state index in [0.717, 1.165) is 36.4 Å². The van der Waals surface area contributed by atoms with Crippen LogP contribution in [-0.2, 0) is 11.2 Å². The molecule has 2 aliphatic heterocycles. The van der Waals surface area contributed by atoms with E-state index < -0.39 is 0 Å². The Bertz CT molecular complexity index is 1080. The minimum Gasteiger partial charge on any atom is -0.497 e. The Morgan fingerprint density at radius 1 is 1.09 bits per heavy atom. The third kappa shape index (κ3) is 4.52. The first-order chi connectivity index (χ1) is 16.5. The number of imide groups is 1. The molecule has 180 valence electrons. The molecule has 0 bridgehead atoms. The largest absolute Gasteiger partial charge is 0.497 e. The van der Waals surface area contributed by atoms with Crippen molar-refractivity contribution in [1.82, 2.24) is 9.80 Å². The highest BCUT2D eigenvalue weighted by atomic mass is 16.5. The fourth-order valence-electron chi connectivity index (χ4n) is 5.04. The van der Waals surface area contributed by atoms with Crippen LogP contribution in [0.3, 0.4) is 0 Å². The van der Waals surface area contributed by atoms with Gasteiger partial charge in [-0.15, -0.1) is 0 Å². The molecule has 4 rings (SSSR count). The molecule has 2 heterocycles. The van der Waals surface area contributed by atoms with Crippen molar-refractivity contribution < 1.29 is 19.1 Å². The van der Waals surface area contributed by atoms with Gasteiger partial charge in [0, 0.05) is 32.7 Å². The van der Waals surface area contributed by atoms with E-state index in [2.05, 4.69) is 4.90 Å². The van der Waals surface area contributed by atoms with Gasteiger partial charge in [-0.1, -0.05) is 18.2 Å². The fraction of sp³-hybridized carbons (Fsp3) is 0.444. The molecule has 0 N–H and O–H groups in total. The number of anilines is 1. The molecular weight excluding hydrogens is 430 g/mol. The summed E-state index contributed by atoms with van der Waals surface area (Å²) in [6.45, 7) is 7.03. The van der Waals surface area contributed by atoms with E-state index in [4.69, 9.17) is 4.74 Å². The molecular formula is C27H33N3O4. The zero-order valence-corrected chi connectivity index (χ0v) is 20.3. The lowest BCUT2D eigenvalue weighted by atomic mass is 9.94. The van der Waals surface area contributed by atoms with Crippen molar-refractivity contribution in [3.63, 3.8) is 0 Å². The predicted molar refractivity (Wildman–Crippen MR) is 131 cm³/mol. The standard InChI is InChI=1S/C27H33N3O4/c1-4-28(5-2)25(31)20-10-8-15-29(18-20)23-13-7-12-22-24(23)27(33)30(26(22)32)16-14-19-9-6-11-21(17-19)34-3/h6-7,9,11-13,17,20H,4-5,8,10,14-16,18H2,1-3H3/t20-/m1/s1. The van der Waals surface area contributed by atoms with Crippen molar-refractivity contribution in [1.29, 1.82) is 0 Å². The van der Waals surface area contributed by atoms with Gasteiger partial charge in [-0.25, -0.2) is 0 Å². The summed E-state index contributed by atoms with van der Waals surface area (Å²) in [5, 5.41) is 0. The van der Waals surface area contributed by atoms with Crippen LogP contribution in [0.15, 0.2) is 42.5 Å². The molecule has 7 heteroatoms. The molecule has 3 amide bonds. The number of hydrogen-bond acceptors (Lipinski definition) is 5. The number of carbonyl (C=O) groups excluding carboxylic acids is 3. The van der Waals surface area contributed by atoms with E-state index in [9.17, 15) is 14.4 Å². The molecule has 1 fully saturated rings. The SMILES string of the molecule is CCN(CC)C(=O)[C@@H]1CCCN(c2cccc3c2C(=O)N(CCc2cccc(OC)c2)C3=O)C1. The number of methoxy groups -OCH3 is 1. The lowest BCUT2D eigenvalue weighted by Gasteiger charge is -2.36. The summed E-state index contributed by atoms with van der Waals surface area (Å²) < 4.78 is 5.28. The van der Waals surface area contributed by atoms with Crippen LogP contribution in [0.5, 0.6) is 5.75 Å². The molecule has 1 atom stereocenters. The van der Waals surface area contributed by atoms with Crippen LogP contribution < -0.4 is 9.64 Å². The van der Waals surface area contributed by atoms with E-state index in [-0.39, 0.29) is 23.6 Å². The van der Waals surface area contributed by atoms with Gasteiger partial charge in [0.25, 0.3) is 11.8 Å². The van der Waals surface area contributed by atoms with Gasteiger partial charge in [0.2, 0.25) is 5.91 Å². The second kappa shape index (κ2) is 10.3. The van der Waals surface area contributed by atoms with Crippen molar-refractivity contribution in [2.24, 2.45) is 5.92 Å². The maximum atomic E-state index is 13.4. The van der Waals surface area contributed by atoms with Gasteiger partial charge in [-0.2, -0.15) is 0 Å². The second-order valence-corrected chi connectivity index (χ2v) is 8.86. The third-order valence-corrected chi connectivity index (χ3v) is 6.92. The lowest BCUT2D eigenvalue weighted by molar-refractivity contribution is -0.135. The summed E-state index contributed by atoms with van der Waals surface area (Å²) in [4.78, 5) is 44.8. The van der Waals surface area contributed by atoms with E-state index in [0.29, 0.717) is 43.7 Å². The smallest absolute Gasteiger partial charge is 0.263 e. The van der Waals surface area contributed by atoms with E-state index >= 15 is 0 Å². The predicted octanol–water partition coefficient (Wildman–Crippen LogP) is 3.62. The highest BCUT2D eigenvalue weighted by Gasteiger charge is 2.39. The molecule has 1 saturated heterocycles. The maximum Gasteiger partial charge on any atom is 0.263 e. The maximum absolute atomic E-state index is 13.4. The Hall–Kier alpha value is -3.35. The highest BCUT2D eigenvalue weighted by molar-refractivity contribution is 6.23. The summed E-state index contributed by atoms with van der Waals surface area (Å²) in [5.41, 5.74) is 2.68. The summed E-state index contributed by atoms with van der Waals surface area (Å²) in [6.07, 6.45) is 2.28. The number of amides is 3. The third-order valence-electron chi connectivity index (χ3n) is 6.92. The normalized spacial score (nSPS) is 17.7. The number of fused-ring (bicyclic) bond motifs is 1. The minimum atomic E-state index is -0.254. The van der Waals surface area contributed by atoms with Crippen LogP contribution in [-0.4, -0.2) is 67.4 Å². The number of carbonyl (C=O) groups is 3. The molecule has 0 radical (unpaired) electrons. The molecule has 0 saturated carbocycles. The van der Waals surface area contributed by atoms with Gasteiger partial charge in [0.15, 0.2) is 0 Å². The second-order valence-electron chi connectivity index (χ2n) is 8.86. The van der Waals surface area contributed by atoms with Gasteiger partial charge >= 0.3 is 0 Å². The summed E-state index contributed by atoms with van der Waals surface area (Å²) >= 11 is 0. The van der Waals surface area contributed by atoms with Crippen molar-refractivity contribution in [2.75, 3.05) is 44.7 Å². The summed E-state index contributed by atoms with van der Waals surface area (Å²) in [5.74, 6) is 0.319. The monoisotopic (exact) mass is 463 g/mol. The molecule has 0 unspecified atom stereocenters. The Morgan fingerprint density at radius 2 is 1.85 bits per heavy atom. The first-order valence-electron chi connectivity index (χ1n) is 12.1. The summed E-state index contributed by atoms with van der Waals surface area (Å²) in [7, 11) is 1.62. The first-order valence-corrected chi connectivity index (χ1v) is 12.1. The summed E-state index contributed by atoms with van der Waals surface area (Å²) in [6, 6.07) is 13.1. The zero-order valence-electron chi connectivity index (χ0n) is 20.3. The average Bonchev–Trinajstić information content (AvgIpc) is 3.13. The lowest BCUT2D eigenvalue weighted by Crippen LogP contribution is -2.45. The Morgan fingerprint density at radius 3 is 2.59 bits per heavy atom. The van der Waals surface area contributed by atoms with Gasteiger partial charge < -0.3 is 14.5 Å². The van der Waals surface area contributed by atoms with Gasteiger partial charge in [-0.05, 0) is 62.9 Å². The van der Waals surface area contributed by atoms with Crippen molar-refractivity contribution in [3.8, 4) is 5.75 Å². The molecule has 7 nitrogen and oxygen atoms in total. The number of piperidine rings is 1. The molecule has 0 aliphatic carbocycles. The Kier molecular flexibility index (Phi) is 7.20. The van der Waals surface area contributed by atoms with Gasteiger partial charge in [0.05, 0.1) is 29.8 Å². The van der Waals surface area contributed by atoms with E-state index in [1.54, 1.807) is 13.2 Å². The van der Waals surface area contributed by atoms with Crippen LogP contribution in [0.2, 0.25) is 0 Å². The van der Waals surface area contributed by atoms with Crippen LogP contribution in [0.1, 0.15) is 53.0 Å². The topological polar surface area (TPSA) is 70.2 Å². The molecule has 2 aromatic rings. The molecule has 0 spiro atoms. The van der Waals surface area contributed by atoms with E-state index in [1.807, 2.05) is 55.1 Å². The van der Waals surface area contributed by atoms with Crippen LogP contribution in [0.25, 0.3) is 0 Å². The molecule has 34 heavy (non-hydrogen) atoms. The molecule has 2 aliphatic rings. The highest BCUT2D eigenvalue weighted by Crippen LogP contribution is 2.34. The van der Waals surface area contributed by atoms with Crippen molar-refractivity contribution in [2.45, 2.75) is 33.1 Å². The van der Waals surface area contributed by atoms with E-state index in [1.165, 1.54) is 4.90 Å². The number of nitrogens with zero attached hydrogens (tertiary/aromatic N) is 3. The quantitative estimate of drug-likeness (QED) is 0.560. The first kappa shape index (κ1) is 23.8. The number of benzene rings is 2. The minimum absolute atomic E-state index is 0.0964. The molecule has 0 aromatic heterocycles.